The van der Waals surface area contributed by atoms with Crippen LogP contribution in [0.1, 0.15) is 22.6 Å². The Bertz CT molecular complexity index is 1050. The number of piperazine rings is 1. The molecule has 0 saturated carbocycles. The smallest absolute Gasteiger partial charge is 0.258 e. The van der Waals surface area contributed by atoms with E-state index in [2.05, 4.69) is 9.97 Å². The molecular weight excluding hydrogens is 360 g/mol. The summed E-state index contributed by atoms with van der Waals surface area (Å²) < 4.78 is 4.95. The van der Waals surface area contributed by atoms with Crippen molar-refractivity contribution in [2.45, 2.75) is 12.8 Å². The molecule has 0 spiro atoms. The minimum Gasteiger partial charge on any atom is -0.472 e. The van der Waals surface area contributed by atoms with Crippen molar-refractivity contribution in [2.75, 3.05) is 26.2 Å². The van der Waals surface area contributed by atoms with E-state index in [4.69, 9.17) is 4.42 Å². The molecule has 1 fully saturated rings. The molecule has 1 aliphatic rings. The molecule has 28 heavy (non-hydrogen) atoms. The number of nitrogens with one attached hydrogen (secondary N) is 1. The number of aromatic amines is 1. The number of carbonyl (C=O) groups excluding carboxylic acids is 2. The summed E-state index contributed by atoms with van der Waals surface area (Å²) in [7, 11) is 0. The second kappa shape index (κ2) is 7.67. The summed E-state index contributed by atoms with van der Waals surface area (Å²) in [4.78, 5) is 47.6. The lowest BCUT2D eigenvalue weighted by molar-refractivity contribution is -0.132. The van der Waals surface area contributed by atoms with Gasteiger partial charge in [-0.3, -0.25) is 14.4 Å². The maximum absolute atomic E-state index is 12.5. The maximum Gasteiger partial charge on any atom is 0.258 e. The van der Waals surface area contributed by atoms with Crippen molar-refractivity contribution in [1.29, 1.82) is 0 Å². The van der Waals surface area contributed by atoms with Gasteiger partial charge in [-0.2, -0.15) is 0 Å². The van der Waals surface area contributed by atoms with Crippen molar-refractivity contribution >= 4 is 22.7 Å². The standard InChI is InChI=1S/C20H20N4O4/c25-18(6-5-17-21-16-4-2-1-3-15(16)19(26)22-17)23-8-10-24(11-9-23)20(27)14-7-12-28-13-14/h1-4,7,12-13H,5-6,8-11H2,(H,21,22,26). The Labute approximate surface area is 160 Å². The Balaban J connectivity index is 1.33. The highest BCUT2D eigenvalue weighted by Gasteiger charge is 2.25. The Morgan fingerprint density at radius 3 is 2.57 bits per heavy atom. The van der Waals surface area contributed by atoms with Crippen LogP contribution in [0.15, 0.2) is 52.1 Å². The molecule has 1 aromatic carbocycles. The van der Waals surface area contributed by atoms with Gasteiger partial charge in [0.05, 0.1) is 22.7 Å². The molecule has 1 N–H and O–H groups in total. The molecule has 0 bridgehead atoms. The quantitative estimate of drug-likeness (QED) is 0.738. The lowest BCUT2D eigenvalue weighted by atomic mass is 10.2. The topological polar surface area (TPSA) is 99.5 Å². The molecule has 2 amide bonds. The Kier molecular flexibility index (Phi) is 4.92. The monoisotopic (exact) mass is 380 g/mol. The van der Waals surface area contributed by atoms with Crippen molar-refractivity contribution in [3.63, 3.8) is 0 Å². The van der Waals surface area contributed by atoms with Crippen LogP contribution in [0.5, 0.6) is 0 Å². The van der Waals surface area contributed by atoms with Gasteiger partial charge in [0.15, 0.2) is 0 Å². The first-order valence-electron chi connectivity index (χ1n) is 9.19. The number of rotatable bonds is 4. The third-order valence-electron chi connectivity index (χ3n) is 4.93. The van der Waals surface area contributed by atoms with Gasteiger partial charge in [0.25, 0.3) is 11.5 Å². The molecule has 2 aromatic heterocycles. The first-order chi connectivity index (χ1) is 13.6. The largest absolute Gasteiger partial charge is 0.472 e. The Morgan fingerprint density at radius 2 is 1.82 bits per heavy atom. The number of H-pyrrole nitrogens is 1. The van der Waals surface area contributed by atoms with E-state index in [1.165, 1.54) is 12.5 Å². The minimum absolute atomic E-state index is 0.00813. The molecule has 1 saturated heterocycles. The molecule has 3 heterocycles. The van der Waals surface area contributed by atoms with Crippen LogP contribution in [-0.4, -0.2) is 57.8 Å². The molecule has 8 heteroatoms. The van der Waals surface area contributed by atoms with Gasteiger partial charge in [0, 0.05) is 39.0 Å². The van der Waals surface area contributed by atoms with Gasteiger partial charge in [0.2, 0.25) is 5.91 Å². The predicted molar refractivity (Wildman–Crippen MR) is 102 cm³/mol. The molecule has 0 aliphatic carbocycles. The van der Waals surface area contributed by atoms with Gasteiger partial charge in [-0.1, -0.05) is 12.1 Å². The molecule has 4 rings (SSSR count). The minimum atomic E-state index is -0.195. The van der Waals surface area contributed by atoms with Crippen LogP contribution in [0.25, 0.3) is 10.9 Å². The number of furan rings is 1. The highest BCUT2D eigenvalue weighted by molar-refractivity contribution is 5.94. The van der Waals surface area contributed by atoms with Crippen molar-refractivity contribution < 1.29 is 14.0 Å². The average Bonchev–Trinajstić information content (AvgIpc) is 3.26. The lowest BCUT2D eigenvalue weighted by Crippen LogP contribution is -2.50. The third-order valence-corrected chi connectivity index (χ3v) is 4.93. The van der Waals surface area contributed by atoms with Crippen molar-refractivity contribution in [3.05, 3.63) is 64.6 Å². The summed E-state index contributed by atoms with van der Waals surface area (Å²) in [6.07, 6.45) is 3.53. The predicted octanol–water partition coefficient (Wildman–Crippen LogP) is 1.43. The molecule has 8 nitrogen and oxygen atoms in total. The number of aromatic nitrogens is 2. The summed E-state index contributed by atoms with van der Waals surface area (Å²) >= 11 is 0. The average molecular weight is 380 g/mol. The van der Waals surface area contributed by atoms with E-state index < -0.39 is 0 Å². The fraction of sp³-hybridized carbons (Fsp3) is 0.300. The third kappa shape index (κ3) is 3.66. The van der Waals surface area contributed by atoms with Gasteiger partial charge in [-0.15, -0.1) is 0 Å². The van der Waals surface area contributed by atoms with E-state index in [9.17, 15) is 14.4 Å². The van der Waals surface area contributed by atoms with Crippen LogP contribution in [0.4, 0.5) is 0 Å². The summed E-state index contributed by atoms with van der Waals surface area (Å²) in [6, 6.07) is 8.76. The fourth-order valence-corrected chi connectivity index (χ4v) is 3.36. The van der Waals surface area contributed by atoms with E-state index in [-0.39, 0.29) is 23.8 Å². The molecule has 144 valence electrons. The van der Waals surface area contributed by atoms with Crippen LogP contribution in [-0.2, 0) is 11.2 Å². The number of aryl methyl sites for hydroxylation is 1. The molecule has 0 radical (unpaired) electrons. The van der Waals surface area contributed by atoms with E-state index in [0.29, 0.717) is 54.9 Å². The number of fused-ring (bicyclic) bond motifs is 1. The summed E-state index contributed by atoms with van der Waals surface area (Å²) in [5, 5.41) is 0.538. The van der Waals surface area contributed by atoms with Gasteiger partial charge in [-0.25, -0.2) is 4.98 Å². The maximum atomic E-state index is 12.5. The number of nitrogens with zero attached hydrogens (tertiary/aromatic N) is 3. The second-order valence-electron chi connectivity index (χ2n) is 6.71. The molecule has 1 aliphatic heterocycles. The van der Waals surface area contributed by atoms with E-state index >= 15 is 0 Å². The summed E-state index contributed by atoms with van der Waals surface area (Å²) in [6.45, 7) is 1.95. The normalized spacial score (nSPS) is 14.4. The van der Waals surface area contributed by atoms with Crippen LogP contribution in [0.2, 0.25) is 0 Å². The second-order valence-corrected chi connectivity index (χ2v) is 6.71. The number of benzene rings is 1. The Hall–Kier alpha value is -3.42. The lowest BCUT2D eigenvalue weighted by Gasteiger charge is -2.34. The molecule has 0 unspecified atom stereocenters. The zero-order chi connectivity index (χ0) is 19.5. The first kappa shape index (κ1) is 18.0. The number of carbonyl (C=O) groups is 2. The zero-order valence-electron chi connectivity index (χ0n) is 15.3. The number of hydrogen-bond donors (Lipinski definition) is 1. The first-order valence-corrected chi connectivity index (χ1v) is 9.19. The highest BCUT2D eigenvalue weighted by atomic mass is 16.3. The van der Waals surface area contributed by atoms with E-state index in [1.807, 2.05) is 6.07 Å². The SMILES string of the molecule is O=C(CCc1nc2ccccc2c(=O)[nH]1)N1CCN(C(=O)c2ccoc2)CC1. The number of hydrogen-bond acceptors (Lipinski definition) is 5. The Morgan fingerprint density at radius 1 is 1.07 bits per heavy atom. The van der Waals surface area contributed by atoms with Crippen LogP contribution in [0.3, 0.4) is 0 Å². The zero-order valence-corrected chi connectivity index (χ0v) is 15.3. The number of para-hydroxylation sites is 1. The van der Waals surface area contributed by atoms with Gasteiger partial charge in [-0.05, 0) is 18.2 Å². The van der Waals surface area contributed by atoms with Crippen molar-refractivity contribution in [1.82, 2.24) is 19.8 Å². The van der Waals surface area contributed by atoms with Gasteiger partial charge >= 0.3 is 0 Å². The summed E-state index contributed by atoms with van der Waals surface area (Å²) in [5.41, 5.74) is 0.950. The van der Waals surface area contributed by atoms with Gasteiger partial charge in [0.1, 0.15) is 12.1 Å². The summed E-state index contributed by atoms with van der Waals surface area (Å²) in [5.74, 6) is 0.413. The highest BCUT2D eigenvalue weighted by Crippen LogP contribution is 2.11. The molecule has 0 atom stereocenters. The van der Waals surface area contributed by atoms with Crippen LogP contribution in [0, 0.1) is 0 Å². The van der Waals surface area contributed by atoms with Crippen molar-refractivity contribution in [2.24, 2.45) is 0 Å². The van der Waals surface area contributed by atoms with Crippen molar-refractivity contribution in [3.8, 4) is 0 Å². The number of amides is 2. The molecular formula is C20H20N4O4. The van der Waals surface area contributed by atoms with Crippen LogP contribution < -0.4 is 5.56 Å². The van der Waals surface area contributed by atoms with E-state index in [1.54, 1.807) is 34.1 Å². The van der Waals surface area contributed by atoms with E-state index in [0.717, 1.165) is 0 Å². The van der Waals surface area contributed by atoms with Crippen LogP contribution >= 0.6 is 0 Å². The fourth-order valence-electron chi connectivity index (χ4n) is 3.36. The van der Waals surface area contributed by atoms with Gasteiger partial charge < -0.3 is 19.2 Å². The molecule has 3 aromatic rings.